The molecule has 1 saturated heterocycles. The van der Waals surface area contributed by atoms with E-state index in [2.05, 4.69) is 5.32 Å². The molecule has 0 radical (unpaired) electrons. The zero-order chi connectivity index (χ0) is 23.1. The number of hydrogen-bond donors (Lipinski definition) is 1. The zero-order valence-corrected chi connectivity index (χ0v) is 18.6. The Morgan fingerprint density at radius 2 is 1.75 bits per heavy atom. The van der Waals surface area contributed by atoms with Crippen molar-refractivity contribution in [2.75, 3.05) is 25.7 Å². The SMILES string of the molecule is COc1ccc(CNC(=O)C(C)OC(=O)c2ccc(N3CCCCC3=O)cc2)cc1OC. The van der Waals surface area contributed by atoms with Crippen LogP contribution in [0.2, 0.25) is 0 Å². The molecule has 2 amide bonds. The summed E-state index contributed by atoms with van der Waals surface area (Å²) < 4.78 is 15.8. The van der Waals surface area contributed by atoms with Crippen LogP contribution in [-0.4, -0.2) is 44.7 Å². The average molecular weight is 440 g/mol. The molecule has 32 heavy (non-hydrogen) atoms. The minimum Gasteiger partial charge on any atom is -0.493 e. The predicted octanol–water partition coefficient (Wildman–Crippen LogP) is 3.08. The Labute approximate surface area is 187 Å². The van der Waals surface area contributed by atoms with Crippen LogP contribution >= 0.6 is 0 Å². The third-order valence-electron chi connectivity index (χ3n) is 5.31. The first-order valence-corrected chi connectivity index (χ1v) is 10.5. The maximum atomic E-state index is 12.4. The van der Waals surface area contributed by atoms with Crippen molar-refractivity contribution in [3.8, 4) is 11.5 Å². The topological polar surface area (TPSA) is 94.2 Å². The van der Waals surface area contributed by atoms with E-state index in [-0.39, 0.29) is 12.5 Å². The number of rotatable bonds is 8. The highest BCUT2D eigenvalue weighted by Crippen LogP contribution is 2.27. The summed E-state index contributed by atoms with van der Waals surface area (Å²) in [5, 5.41) is 2.74. The van der Waals surface area contributed by atoms with Gasteiger partial charge in [-0.15, -0.1) is 0 Å². The van der Waals surface area contributed by atoms with Gasteiger partial charge in [-0.2, -0.15) is 0 Å². The maximum absolute atomic E-state index is 12.4. The van der Waals surface area contributed by atoms with Crippen molar-refractivity contribution in [1.82, 2.24) is 5.32 Å². The van der Waals surface area contributed by atoms with Gasteiger partial charge in [-0.05, 0) is 61.7 Å². The quantitative estimate of drug-likeness (QED) is 0.634. The van der Waals surface area contributed by atoms with E-state index < -0.39 is 18.0 Å². The first-order chi connectivity index (χ1) is 15.4. The van der Waals surface area contributed by atoms with Crippen LogP contribution in [0.3, 0.4) is 0 Å². The summed E-state index contributed by atoms with van der Waals surface area (Å²) in [5.74, 6) is 0.235. The number of nitrogens with zero attached hydrogens (tertiary/aromatic N) is 1. The molecule has 170 valence electrons. The second-order valence-electron chi connectivity index (χ2n) is 7.50. The molecule has 1 heterocycles. The highest BCUT2D eigenvalue weighted by Gasteiger charge is 2.21. The van der Waals surface area contributed by atoms with Crippen LogP contribution in [0.15, 0.2) is 42.5 Å². The van der Waals surface area contributed by atoms with Crippen molar-refractivity contribution in [3.05, 3.63) is 53.6 Å². The number of anilines is 1. The smallest absolute Gasteiger partial charge is 0.338 e. The molecular formula is C24H28N2O6. The Bertz CT molecular complexity index is 973. The number of ether oxygens (including phenoxy) is 3. The number of benzene rings is 2. The van der Waals surface area contributed by atoms with Crippen LogP contribution in [-0.2, 0) is 20.9 Å². The van der Waals surface area contributed by atoms with Crippen molar-refractivity contribution in [3.63, 3.8) is 0 Å². The van der Waals surface area contributed by atoms with Gasteiger partial charge in [-0.25, -0.2) is 4.79 Å². The van der Waals surface area contributed by atoms with Gasteiger partial charge in [0.1, 0.15) is 0 Å². The Morgan fingerprint density at radius 3 is 2.41 bits per heavy atom. The van der Waals surface area contributed by atoms with E-state index in [9.17, 15) is 14.4 Å². The summed E-state index contributed by atoms with van der Waals surface area (Å²) in [7, 11) is 3.09. The van der Waals surface area contributed by atoms with E-state index in [0.717, 1.165) is 24.1 Å². The summed E-state index contributed by atoms with van der Waals surface area (Å²) >= 11 is 0. The van der Waals surface area contributed by atoms with E-state index >= 15 is 0 Å². The van der Waals surface area contributed by atoms with E-state index in [4.69, 9.17) is 14.2 Å². The van der Waals surface area contributed by atoms with Gasteiger partial charge in [-0.1, -0.05) is 6.07 Å². The fourth-order valence-corrected chi connectivity index (χ4v) is 3.46. The molecule has 1 N–H and O–H groups in total. The highest BCUT2D eigenvalue weighted by atomic mass is 16.5. The molecule has 8 heteroatoms. The number of nitrogens with one attached hydrogen (secondary N) is 1. The van der Waals surface area contributed by atoms with E-state index in [0.29, 0.717) is 30.0 Å². The van der Waals surface area contributed by atoms with Crippen molar-refractivity contribution >= 4 is 23.5 Å². The molecule has 2 aromatic carbocycles. The number of piperidine rings is 1. The van der Waals surface area contributed by atoms with Crippen LogP contribution in [0.5, 0.6) is 11.5 Å². The van der Waals surface area contributed by atoms with Gasteiger partial charge in [0.15, 0.2) is 17.6 Å². The van der Waals surface area contributed by atoms with Crippen molar-refractivity contribution < 1.29 is 28.6 Å². The lowest BCUT2D eigenvalue weighted by atomic mass is 10.1. The molecule has 1 unspecified atom stereocenters. The minimum absolute atomic E-state index is 0.0892. The lowest BCUT2D eigenvalue weighted by molar-refractivity contribution is -0.129. The molecule has 2 aromatic rings. The molecule has 0 aliphatic carbocycles. The Hall–Kier alpha value is -3.55. The highest BCUT2D eigenvalue weighted by molar-refractivity contribution is 5.96. The third-order valence-corrected chi connectivity index (χ3v) is 5.31. The predicted molar refractivity (Wildman–Crippen MR) is 119 cm³/mol. The Kier molecular flexibility index (Phi) is 7.70. The second kappa shape index (κ2) is 10.7. The van der Waals surface area contributed by atoms with Crippen molar-refractivity contribution in [2.24, 2.45) is 0 Å². The molecule has 3 rings (SSSR count). The van der Waals surface area contributed by atoms with Gasteiger partial charge in [0, 0.05) is 25.2 Å². The van der Waals surface area contributed by atoms with Crippen LogP contribution in [0.4, 0.5) is 5.69 Å². The lowest BCUT2D eigenvalue weighted by Gasteiger charge is -2.26. The first kappa shape index (κ1) is 23.1. The van der Waals surface area contributed by atoms with Crippen LogP contribution < -0.4 is 19.7 Å². The summed E-state index contributed by atoms with van der Waals surface area (Å²) in [4.78, 5) is 38.6. The molecule has 1 atom stereocenters. The third kappa shape index (κ3) is 5.57. The van der Waals surface area contributed by atoms with Gasteiger partial charge in [0.25, 0.3) is 5.91 Å². The summed E-state index contributed by atoms with van der Waals surface area (Å²) in [6.45, 7) is 2.45. The summed E-state index contributed by atoms with van der Waals surface area (Å²) in [6.07, 6.45) is 1.45. The van der Waals surface area contributed by atoms with Crippen LogP contribution in [0.25, 0.3) is 0 Å². The number of methoxy groups -OCH3 is 2. The van der Waals surface area contributed by atoms with E-state index in [1.807, 2.05) is 6.07 Å². The number of carbonyl (C=O) groups excluding carboxylic acids is 3. The van der Waals surface area contributed by atoms with Gasteiger partial charge in [0.2, 0.25) is 5.91 Å². The number of esters is 1. The zero-order valence-electron chi connectivity index (χ0n) is 18.6. The molecule has 1 fully saturated rings. The van der Waals surface area contributed by atoms with Gasteiger partial charge < -0.3 is 24.4 Å². The molecule has 1 aliphatic rings. The molecule has 1 aliphatic heterocycles. The van der Waals surface area contributed by atoms with Crippen molar-refractivity contribution in [2.45, 2.75) is 38.8 Å². The molecule has 0 aromatic heterocycles. The Morgan fingerprint density at radius 1 is 1.03 bits per heavy atom. The molecular weight excluding hydrogens is 412 g/mol. The average Bonchev–Trinajstić information content (AvgIpc) is 2.82. The fourth-order valence-electron chi connectivity index (χ4n) is 3.46. The fraction of sp³-hybridized carbons (Fsp3) is 0.375. The van der Waals surface area contributed by atoms with Crippen molar-refractivity contribution in [1.29, 1.82) is 0 Å². The van der Waals surface area contributed by atoms with Crippen LogP contribution in [0, 0.1) is 0 Å². The minimum atomic E-state index is -0.967. The van der Waals surface area contributed by atoms with E-state index in [1.54, 1.807) is 55.5 Å². The first-order valence-electron chi connectivity index (χ1n) is 10.5. The second-order valence-corrected chi connectivity index (χ2v) is 7.50. The van der Waals surface area contributed by atoms with Gasteiger partial charge >= 0.3 is 5.97 Å². The molecule has 0 saturated carbocycles. The Balaban J connectivity index is 1.53. The van der Waals surface area contributed by atoms with Gasteiger partial charge in [0.05, 0.1) is 19.8 Å². The number of carbonyl (C=O) groups is 3. The number of amides is 2. The summed E-state index contributed by atoms with van der Waals surface area (Å²) in [6, 6.07) is 12.0. The van der Waals surface area contributed by atoms with Crippen LogP contribution in [0.1, 0.15) is 42.1 Å². The van der Waals surface area contributed by atoms with Gasteiger partial charge in [-0.3, -0.25) is 9.59 Å². The lowest BCUT2D eigenvalue weighted by Crippen LogP contribution is -2.35. The molecule has 0 bridgehead atoms. The number of hydrogen-bond acceptors (Lipinski definition) is 6. The summed E-state index contributed by atoms with van der Waals surface area (Å²) in [5.41, 5.74) is 1.89. The molecule has 8 nitrogen and oxygen atoms in total. The molecule has 0 spiro atoms. The maximum Gasteiger partial charge on any atom is 0.338 e. The normalized spacial score (nSPS) is 14.5. The standard InChI is InChI=1S/C24H28N2O6/c1-16(23(28)25-15-17-7-12-20(30-2)21(14-17)31-3)32-24(29)18-8-10-19(11-9-18)26-13-5-4-6-22(26)27/h7-12,14,16H,4-6,13,15H2,1-3H3,(H,25,28). The largest absolute Gasteiger partial charge is 0.493 e. The van der Waals surface area contributed by atoms with E-state index in [1.165, 1.54) is 6.92 Å². The monoisotopic (exact) mass is 440 g/mol.